The molecule has 0 radical (unpaired) electrons. The van der Waals surface area contributed by atoms with Crippen molar-refractivity contribution in [1.29, 1.82) is 0 Å². The van der Waals surface area contributed by atoms with Crippen LogP contribution in [0.3, 0.4) is 0 Å². The first-order valence-electron chi connectivity index (χ1n) is 5.79. The predicted molar refractivity (Wildman–Crippen MR) is 67.1 cm³/mol. The quantitative estimate of drug-likeness (QED) is 0.881. The van der Waals surface area contributed by atoms with Gasteiger partial charge in [-0.1, -0.05) is 11.6 Å². The fourth-order valence-electron chi connectivity index (χ4n) is 1.84. The molecule has 3 nitrogen and oxygen atoms in total. The third-order valence-corrected chi connectivity index (χ3v) is 3.28. The molecule has 1 saturated carbocycles. The highest BCUT2D eigenvalue weighted by atomic mass is 35.5. The molecule has 0 amide bonds. The van der Waals surface area contributed by atoms with E-state index in [2.05, 4.69) is 0 Å². The lowest BCUT2D eigenvalue weighted by Gasteiger charge is -2.15. The van der Waals surface area contributed by atoms with Crippen LogP contribution in [0.15, 0.2) is 12.1 Å². The molecule has 17 heavy (non-hydrogen) atoms. The van der Waals surface area contributed by atoms with Gasteiger partial charge in [-0.2, -0.15) is 0 Å². The number of halogens is 1. The molecule has 4 heteroatoms. The van der Waals surface area contributed by atoms with E-state index in [9.17, 15) is 5.11 Å². The van der Waals surface area contributed by atoms with Crippen LogP contribution in [0.4, 0.5) is 0 Å². The van der Waals surface area contributed by atoms with Gasteiger partial charge in [0.05, 0.1) is 24.3 Å². The maximum Gasteiger partial charge on any atom is 0.141 e. The molecule has 1 N–H and O–H groups in total. The van der Waals surface area contributed by atoms with Crippen LogP contribution < -0.4 is 9.47 Å². The Hall–Kier alpha value is -0.930. The van der Waals surface area contributed by atoms with E-state index < -0.39 is 5.60 Å². The molecule has 1 fully saturated rings. The molecular formula is C13H17ClO3. The van der Waals surface area contributed by atoms with Crippen molar-refractivity contribution in [3.05, 3.63) is 22.7 Å². The summed E-state index contributed by atoms with van der Waals surface area (Å²) >= 11 is 6.09. The van der Waals surface area contributed by atoms with Gasteiger partial charge in [0.1, 0.15) is 11.5 Å². The van der Waals surface area contributed by atoms with Gasteiger partial charge in [-0.3, -0.25) is 0 Å². The molecule has 1 aromatic rings. The van der Waals surface area contributed by atoms with Gasteiger partial charge >= 0.3 is 0 Å². The lowest BCUT2D eigenvalue weighted by Crippen LogP contribution is -2.12. The predicted octanol–water partition coefficient (Wildman–Crippen LogP) is 2.81. The number of benzene rings is 1. The van der Waals surface area contributed by atoms with Crippen molar-refractivity contribution >= 4 is 11.6 Å². The molecule has 0 atom stereocenters. The first-order valence-corrected chi connectivity index (χ1v) is 6.17. The summed E-state index contributed by atoms with van der Waals surface area (Å²) < 4.78 is 10.7. The minimum absolute atomic E-state index is 0.551. The molecule has 0 heterocycles. The Bertz CT molecular complexity index is 413. The summed E-state index contributed by atoms with van der Waals surface area (Å²) in [5, 5.41) is 10.5. The molecule has 0 aromatic heterocycles. The van der Waals surface area contributed by atoms with Crippen molar-refractivity contribution in [3.63, 3.8) is 0 Å². The molecule has 0 aliphatic heterocycles. The third kappa shape index (κ3) is 2.85. The number of ether oxygens (including phenoxy) is 2. The Morgan fingerprint density at radius 3 is 2.59 bits per heavy atom. The van der Waals surface area contributed by atoms with Gasteiger partial charge in [0.25, 0.3) is 0 Å². The van der Waals surface area contributed by atoms with Crippen LogP contribution in [0.1, 0.15) is 25.3 Å². The zero-order chi connectivity index (χ0) is 12.5. The lowest BCUT2D eigenvalue weighted by atomic mass is 10.1. The second-order valence-electron chi connectivity index (χ2n) is 4.43. The smallest absolute Gasteiger partial charge is 0.141 e. The number of hydrogen-bond acceptors (Lipinski definition) is 3. The summed E-state index contributed by atoms with van der Waals surface area (Å²) in [4.78, 5) is 0. The van der Waals surface area contributed by atoms with Crippen LogP contribution in [-0.2, 0) is 6.42 Å². The van der Waals surface area contributed by atoms with E-state index in [1.807, 2.05) is 13.0 Å². The van der Waals surface area contributed by atoms with Crippen LogP contribution in [0.25, 0.3) is 0 Å². The van der Waals surface area contributed by atoms with Gasteiger partial charge < -0.3 is 14.6 Å². The molecular weight excluding hydrogens is 240 g/mol. The van der Waals surface area contributed by atoms with Gasteiger partial charge in [0.15, 0.2) is 0 Å². The molecule has 0 spiro atoms. The minimum atomic E-state index is -0.552. The van der Waals surface area contributed by atoms with Crippen molar-refractivity contribution in [2.45, 2.75) is 31.8 Å². The van der Waals surface area contributed by atoms with Crippen molar-refractivity contribution in [2.24, 2.45) is 0 Å². The normalized spacial score (nSPS) is 16.7. The molecule has 94 valence electrons. The van der Waals surface area contributed by atoms with Crippen LogP contribution in [0.5, 0.6) is 11.5 Å². The number of methoxy groups -OCH3 is 1. The highest BCUT2D eigenvalue weighted by molar-refractivity contribution is 6.32. The van der Waals surface area contributed by atoms with E-state index in [1.54, 1.807) is 13.2 Å². The van der Waals surface area contributed by atoms with E-state index in [-0.39, 0.29) is 0 Å². The molecule has 0 bridgehead atoms. The molecule has 1 aliphatic carbocycles. The summed E-state index contributed by atoms with van der Waals surface area (Å²) in [5.41, 5.74) is 0.390. The van der Waals surface area contributed by atoms with Crippen LogP contribution in [-0.4, -0.2) is 24.4 Å². The highest BCUT2D eigenvalue weighted by Gasteiger charge is 2.41. The third-order valence-electron chi connectivity index (χ3n) is 2.98. The van der Waals surface area contributed by atoms with Crippen molar-refractivity contribution < 1.29 is 14.6 Å². The first-order chi connectivity index (χ1) is 8.08. The van der Waals surface area contributed by atoms with Crippen LogP contribution in [0.2, 0.25) is 5.02 Å². The van der Waals surface area contributed by atoms with Gasteiger partial charge in [-0.05, 0) is 31.4 Å². The lowest BCUT2D eigenvalue weighted by molar-refractivity contribution is 0.149. The average Bonchev–Trinajstić information content (AvgIpc) is 3.00. The second kappa shape index (κ2) is 4.75. The zero-order valence-corrected chi connectivity index (χ0v) is 10.9. The van der Waals surface area contributed by atoms with E-state index in [4.69, 9.17) is 21.1 Å². The molecule has 0 unspecified atom stereocenters. The molecule has 1 aromatic carbocycles. The van der Waals surface area contributed by atoms with E-state index in [0.29, 0.717) is 23.8 Å². The molecule has 0 saturated heterocycles. The number of hydrogen-bond donors (Lipinski definition) is 1. The summed E-state index contributed by atoms with van der Waals surface area (Å²) in [7, 11) is 1.57. The zero-order valence-electron chi connectivity index (χ0n) is 10.1. The Balaban J connectivity index is 2.30. The van der Waals surface area contributed by atoms with Crippen molar-refractivity contribution in [2.75, 3.05) is 13.7 Å². The maximum atomic E-state index is 9.96. The second-order valence-corrected chi connectivity index (χ2v) is 4.84. The van der Waals surface area contributed by atoms with E-state index in [0.717, 1.165) is 24.2 Å². The van der Waals surface area contributed by atoms with Gasteiger partial charge in [-0.25, -0.2) is 0 Å². The summed E-state index contributed by atoms with van der Waals surface area (Å²) in [6.07, 6.45) is 2.29. The largest absolute Gasteiger partial charge is 0.495 e. The van der Waals surface area contributed by atoms with Crippen LogP contribution >= 0.6 is 11.6 Å². The highest BCUT2D eigenvalue weighted by Crippen LogP contribution is 2.42. The van der Waals surface area contributed by atoms with E-state index in [1.165, 1.54) is 0 Å². The van der Waals surface area contributed by atoms with Crippen molar-refractivity contribution in [3.8, 4) is 11.5 Å². The fourth-order valence-corrected chi connectivity index (χ4v) is 2.10. The van der Waals surface area contributed by atoms with Gasteiger partial charge in [0.2, 0.25) is 0 Å². The number of aliphatic hydroxyl groups is 1. The Labute approximate surface area is 106 Å². The summed E-state index contributed by atoms with van der Waals surface area (Å²) in [5.74, 6) is 1.34. The van der Waals surface area contributed by atoms with Gasteiger partial charge in [-0.15, -0.1) is 0 Å². The summed E-state index contributed by atoms with van der Waals surface area (Å²) in [6, 6.07) is 3.61. The van der Waals surface area contributed by atoms with Crippen molar-refractivity contribution in [1.82, 2.24) is 0 Å². The minimum Gasteiger partial charge on any atom is -0.495 e. The average molecular weight is 257 g/mol. The Morgan fingerprint density at radius 2 is 2.06 bits per heavy atom. The topological polar surface area (TPSA) is 38.7 Å². The maximum absolute atomic E-state index is 9.96. The SMILES string of the molecule is CCOc1cc(OC)c(Cl)cc1CC1(O)CC1. The molecule has 1 aliphatic rings. The standard InChI is InChI=1S/C13H17ClO3/c1-3-17-11-7-12(16-2)10(14)6-9(11)8-13(15)4-5-13/h6-7,15H,3-5,8H2,1-2H3. The Morgan fingerprint density at radius 1 is 1.35 bits per heavy atom. The summed E-state index contributed by atoms with van der Waals surface area (Å²) in [6.45, 7) is 2.51. The number of rotatable bonds is 5. The van der Waals surface area contributed by atoms with Gasteiger partial charge in [0, 0.05) is 12.5 Å². The first kappa shape index (κ1) is 12.5. The molecule has 2 rings (SSSR count). The monoisotopic (exact) mass is 256 g/mol. The van der Waals surface area contributed by atoms with Crippen LogP contribution in [0, 0.1) is 0 Å². The fraction of sp³-hybridized carbons (Fsp3) is 0.538. The Kier molecular flexibility index (Phi) is 3.50. The van der Waals surface area contributed by atoms with E-state index >= 15 is 0 Å².